The smallest absolute Gasteiger partial charge is 0.435 e. The van der Waals surface area contributed by atoms with E-state index < -0.39 is 29.6 Å². The standard InChI is InChI=1S/C25H33ClO6/c1-5-31-22(29)32-13-20(28)25(30)14(2)10-18-17-7-6-15-11-16(27)8-9-23(15,3)21(17)19(26)12-24(18,25)4/h8-9,11,14,17-19,21,30H,5-7,10,12-13H2,1-4H3/t14-,17-,18-,19-,21+,23-,24-,25-/m0/s1. The highest BCUT2D eigenvalue weighted by molar-refractivity contribution is 6.21. The molecule has 0 spiro atoms. The van der Waals surface area contributed by atoms with Crippen molar-refractivity contribution in [3.8, 4) is 0 Å². The molecule has 0 saturated heterocycles. The minimum absolute atomic E-state index is 0.0266. The second-order valence-electron chi connectivity index (χ2n) is 10.5. The largest absolute Gasteiger partial charge is 0.508 e. The summed E-state index contributed by atoms with van der Waals surface area (Å²) >= 11 is 7.07. The second-order valence-corrected chi connectivity index (χ2v) is 11.0. The average Bonchev–Trinajstić information content (AvgIpc) is 2.93. The summed E-state index contributed by atoms with van der Waals surface area (Å²) < 4.78 is 9.72. The Bertz CT molecular complexity index is 895. The van der Waals surface area contributed by atoms with Crippen LogP contribution in [-0.4, -0.2) is 47.0 Å². The van der Waals surface area contributed by atoms with Crippen LogP contribution in [0.3, 0.4) is 0 Å². The van der Waals surface area contributed by atoms with Crippen molar-refractivity contribution >= 4 is 29.3 Å². The number of fused-ring (bicyclic) bond motifs is 5. The molecule has 0 unspecified atom stereocenters. The summed E-state index contributed by atoms with van der Waals surface area (Å²) in [6.45, 7) is 7.34. The lowest BCUT2D eigenvalue weighted by Crippen LogP contribution is -2.62. The number of halogens is 1. The molecule has 3 saturated carbocycles. The van der Waals surface area contributed by atoms with Crippen LogP contribution in [0.4, 0.5) is 4.79 Å². The molecule has 0 aromatic heterocycles. The number of hydrogen-bond donors (Lipinski definition) is 1. The van der Waals surface area contributed by atoms with Gasteiger partial charge in [0.2, 0.25) is 5.78 Å². The number of alkyl halides is 1. The number of ketones is 2. The Kier molecular flexibility index (Phi) is 5.86. The van der Waals surface area contributed by atoms with E-state index in [4.69, 9.17) is 21.1 Å². The zero-order valence-corrected chi connectivity index (χ0v) is 20.0. The average molecular weight is 465 g/mol. The number of Topliss-reactive ketones (excluding diaryl/α,β-unsaturated/α-hetero) is 1. The molecule has 32 heavy (non-hydrogen) atoms. The summed E-state index contributed by atoms with van der Waals surface area (Å²) in [5.41, 5.74) is -1.50. The molecule has 4 aliphatic rings. The van der Waals surface area contributed by atoms with Gasteiger partial charge in [-0.3, -0.25) is 9.59 Å². The molecule has 0 amide bonds. The van der Waals surface area contributed by atoms with E-state index in [2.05, 4.69) is 6.92 Å². The fourth-order valence-corrected chi connectivity index (χ4v) is 8.35. The van der Waals surface area contributed by atoms with Crippen LogP contribution in [0.1, 0.15) is 53.4 Å². The van der Waals surface area contributed by atoms with Gasteiger partial charge in [0, 0.05) is 16.2 Å². The molecule has 0 aliphatic heterocycles. The lowest BCUT2D eigenvalue weighted by Gasteiger charge is -2.59. The normalized spacial score (nSPS) is 44.8. The number of allylic oxidation sites excluding steroid dienone is 4. The van der Waals surface area contributed by atoms with Crippen LogP contribution in [0.15, 0.2) is 23.8 Å². The molecule has 4 aliphatic carbocycles. The molecule has 0 radical (unpaired) electrons. The van der Waals surface area contributed by atoms with Crippen LogP contribution < -0.4 is 0 Å². The Morgan fingerprint density at radius 3 is 2.69 bits per heavy atom. The topological polar surface area (TPSA) is 89.9 Å². The van der Waals surface area contributed by atoms with E-state index in [0.29, 0.717) is 12.8 Å². The molecule has 4 rings (SSSR count). The number of carbonyl (C=O) groups is 3. The molecule has 0 aromatic carbocycles. The van der Waals surface area contributed by atoms with Crippen molar-refractivity contribution in [3.05, 3.63) is 23.8 Å². The lowest BCUT2D eigenvalue weighted by atomic mass is 9.47. The van der Waals surface area contributed by atoms with Gasteiger partial charge in [0.15, 0.2) is 12.4 Å². The maximum absolute atomic E-state index is 13.3. The van der Waals surface area contributed by atoms with Crippen LogP contribution in [0, 0.1) is 34.5 Å². The maximum Gasteiger partial charge on any atom is 0.508 e. The zero-order valence-electron chi connectivity index (χ0n) is 19.2. The Labute approximate surface area is 194 Å². The molecule has 0 bridgehead atoms. The van der Waals surface area contributed by atoms with Crippen molar-refractivity contribution in [2.45, 2.75) is 64.4 Å². The predicted octanol–water partition coefficient (Wildman–Crippen LogP) is 4.23. The van der Waals surface area contributed by atoms with E-state index >= 15 is 0 Å². The zero-order chi connectivity index (χ0) is 23.5. The highest BCUT2D eigenvalue weighted by Gasteiger charge is 2.70. The molecule has 176 valence electrons. The number of ether oxygens (including phenoxy) is 2. The minimum atomic E-state index is -1.63. The molecular weight excluding hydrogens is 432 g/mol. The second kappa shape index (κ2) is 7.98. The van der Waals surface area contributed by atoms with Gasteiger partial charge in [-0.15, -0.1) is 11.6 Å². The summed E-state index contributed by atoms with van der Waals surface area (Å²) in [4.78, 5) is 36.8. The van der Waals surface area contributed by atoms with Gasteiger partial charge >= 0.3 is 6.16 Å². The molecule has 0 heterocycles. The van der Waals surface area contributed by atoms with Crippen molar-refractivity contribution in [3.63, 3.8) is 0 Å². The third-order valence-corrected chi connectivity index (χ3v) is 9.47. The monoisotopic (exact) mass is 464 g/mol. The van der Waals surface area contributed by atoms with Crippen molar-refractivity contribution in [1.82, 2.24) is 0 Å². The Balaban J connectivity index is 1.64. The molecule has 3 fully saturated rings. The van der Waals surface area contributed by atoms with E-state index in [1.807, 2.05) is 19.9 Å². The van der Waals surface area contributed by atoms with Crippen LogP contribution in [0.25, 0.3) is 0 Å². The number of hydrogen-bond acceptors (Lipinski definition) is 6. The third-order valence-electron chi connectivity index (χ3n) is 9.05. The highest BCUT2D eigenvalue weighted by atomic mass is 35.5. The summed E-state index contributed by atoms with van der Waals surface area (Å²) in [5.74, 6) is -0.279. The van der Waals surface area contributed by atoms with E-state index in [9.17, 15) is 19.5 Å². The number of carbonyl (C=O) groups excluding carboxylic acids is 3. The summed E-state index contributed by atoms with van der Waals surface area (Å²) in [6.07, 6.45) is 7.41. The SMILES string of the molecule is CCOC(=O)OCC(=O)[C@@]1(O)[C@@H](C)C[C@H]2[C@@H]3CCC4=CC(=O)C=C[C@]4(C)[C@H]3[C@@H](Cl)C[C@@]21C. The maximum atomic E-state index is 13.3. The van der Waals surface area contributed by atoms with Crippen LogP contribution in [0.5, 0.6) is 0 Å². The van der Waals surface area contributed by atoms with Gasteiger partial charge in [-0.2, -0.15) is 0 Å². The molecule has 7 heteroatoms. The van der Waals surface area contributed by atoms with Gasteiger partial charge in [0.25, 0.3) is 0 Å². The van der Waals surface area contributed by atoms with E-state index in [1.54, 1.807) is 19.1 Å². The number of rotatable bonds is 4. The van der Waals surface area contributed by atoms with Crippen LogP contribution in [0.2, 0.25) is 0 Å². The van der Waals surface area contributed by atoms with Gasteiger partial charge in [-0.05, 0) is 68.4 Å². The van der Waals surface area contributed by atoms with E-state index in [-0.39, 0.29) is 46.9 Å². The van der Waals surface area contributed by atoms with Crippen molar-refractivity contribution in [2.75, 3.05) is 13.2 Å². The van der Waals surface area contributed by atoms with Crippen LogP contribution >= 0.6 is 11.6 Å². The quantitative estimate of drug-likeness (QED) is 0.494. The Morgan fingerprint density at radius 2 is 2.00 bits per heavy atom. The van der Waals surface area contributed by atoms with Crippen LogP contribution in [-0.2, 0) is 19.1 Å². The van der Waals surface area contributed by atoms with Gasteiger partial charge in [0.05, 0.1) is 6.61 Å². The van der Waals surface area contributed by atoms with Gasteiger partial charge < -0.3 is 14.6 Å². The molecule has 8 atom stereocenters. The Morgan fingerprint density at radius 1 is 1.28 bits per heavy atom. The first-order valence-electron chi connectivity index (χ1n) is 11.6. The van der Waals surface area contributed by atoms with Crippen molar-refractivity contribution < 1.29 is 29.0 Å². The van der Waals surface area contributed by atoms with E-state index in [0.717, 1.165) is 18.4 Å². The van der Waals surface area contributed by atoms with Gasteiger partial charge in [-0.1, -0.05) is 32.4 Å². The molecule has 1 N–H and O–H groups in total. The van der Waals surface area contributed by atoms with Gasteiger partial charge in [-0.25, -0.2) is 4.79 Å². The first-order chi connectivity index (χ1) is 15.0. The summed E-state index contributed by atoms with van der Waals surface area (Å²) in [7, 11) is 0. The van der Waals surface area contributed by atoms with Crippen molar-refractivity contribution in [1.29, 1.82) is 0 Å². The molecular formula is C25H33ClO6. The molecule has 6 nitrogen and oxygen atoms in total. The fraction of sp³-hybridized carbons (Fsp3) is 0.720. The predicted molar refractivity (Wildman–Crippen MR) is 119 cm³/mol. The summed E-state index contributed by atoms with van der Waals surface area (Å²) in [6, 6.07) is 0. The van der Waals surface area contributed by atoms with Gasteiger partial charge in [0.1, 0.15) is 5.60 Å². The fourth-order valence-electron chi connectivity index (χ4n) is 7.58. The third kappa shape index (κ3) is 3.20. The Hall–Kier alpha value is -1.66. The van der Waals surface area contributed by atoms with Crippen molar-refractivity contribution in [2.24, 2.45) is 34.5 Å². The first kappa shape index (κ1) is 23.5. The molecule has 0 aromatic rings. The van der Waals surface area contributed by atoms with E-state index in [1.165, 1.54) is 0 Å². The number of aliphatic hydroxyl groups is 1. The lowest BCUT2D eigenvalue weighted by molar-refractivity contribution is -0.169. The first-order valence-corrected chi connectivity index (χ1v) is 12.1. The highest BCUT2D eigenvalue weighted by Crippen LogP contribution is 2.69. The minimum Gasteiger partial charge on any atom is -0.435 e. The summed E-state index contributed by atoms with van der Waals surface area (Å²) in [5, 5.41) is 11.6.